The number of nitrogen functional groups attached to an aromatic ring is 1. The van der Waals surface area contributed by atoms with E-state index < -0.39 is 18.2 Å². The molecule has 11 heteroatoms. The number of carboxylic acid groups (broad SMARTS) is 1. The lowest BCUT2D eigenvalue weighted by Crippen LogP contribution is -2.37. The van der Waals surface area contributed by atoms with Crippen molar-refractivity contribution in [2.45, 2.75) is 25.2 Å². The first-order chi connectivity index (χ1) is 13.1. The molecule has 2 aromatic rings. The number of benzene rings is 1. The zero-order chi connectivity index (χ0) is 20.9. The Hall–Kier alpha value is -3.37. The first-order valence-electron chi connectivity index (χ1n) is 8.05. The molecule has 1 fully saturated rings. The molecule has 1 aliphatic heterocycles. The van der Waals surface area contributed by atoms with Gasteiger partial charge in [-0.3, -0.25) is 9.59 Å². The Bertz CT molecular complexity index is 888. The van der Waals surface area contributed by atoms with Gasteiger partial charge in [-0.2, -0.15) is 13.2 Å². The normalized spacial score (nSPS) is 16.5. The van der Waals surface area contributed by atoms with E-state index in [2.05, 4.69) is 10.3 Å². The Balaban J connectivity index is 0.000000345. The van der Waals surface area contributed by atoms with Crippen LogP contribution in [0.25, 0.3) is 10.8 Å². The molecule has 0 spiro atoms. The minimum Gasteiger partial charge on any atom is -0.475 e. The fourth-order valence-electron chi connectivity index (χ4n) is 2.69. The molecule has 0 radical (unpaired) electrons. The molecular weight excluding hydrogens is 381 g/mol. The van der Waals surface area contributed by atoms with E-state index in [1.54, 1.807) is 11.1 Å². The van der Waals surface area contributed by atoms with Crippen molar-refractivity contribution >= 4 is 34.9 Å². The van der Waals surface area contributed by atoms with Crippen molar-refractivity contribution in [3.8, 4) is 0 Å². The van der Waals surface area contributed by atoms with Crippen molar-refractivity contribution in [1.29, 1.82) is 0 Å². The minimum absolute atomic E-state index is 0.0404. The largest absolute Gasteiger partial charge is 0.490 e. The topological polar surface area (TPSA) is 126 Å². The summed E-state index contributed by atoms with van der Waals surface area (Å²) in [5.41, 5.74) is 6.88. The second-order valence-corrected chi connectivity index (χ2v) is 5.94. The van der Waals surface area contributed by atoms with Crippen molar-refractivity contribution in [1.82, 2.24) is 15.2 Å². The number of fused-ring (bicyclic) bond motifs is 1. The van der Waals surface area contributed by atoms with Crippen LogP contribution in [-0.2, 0) is 20.9 Å². The van der Waals surface area contributed by atoms with Crippen molar-refractivity contribution in [3.63, 3.8) is 0 Å². The number of carbonyl (C=O) groups is 3. The Morgan fingerprint density at radius 2 is 2.07 bits per heavy atom. The van der Waals surface area contributed by atoms with Crippen molar-refractivity contribution in [2.24, 2.45) is 0 Å². The third-order valence-corrected chi connectivity index (χ3v) is 4.04. The number of pyridine rings is 1. The van der Waals surface area contributed by atoms with Crippen LogP contribution in [0.15, 0.2) is 30.5 Å². The number of aliphatic carboxylic acids is 1. The summed E-state index contributed by atoms with van der Waals surface area (Å²) in [5, 5.41) is 11.6. The van der Waals surface area contributed by atoms with Crippen LogP contribution < -0.4 is 11.1 Å². The Labute approximate surface area is 157 Å². The van der Waals surface area contributed by atoms with Gasteiger partial charge < -0.3 is 21.1 Å². The minimum atomic E-state index is -5.08. The Kier molecular flexibility index (Phi) is 6.39. The summed E-state index contributed by atoms with van der Waals surface area (Å²) in [7, 11) is 0. The lowest BCUT2D eigenvalue weighted by atomic mass is 10.1. The molecule has 0 bridgehead atoms. The number of nitrogens with one attached hydrogen (secondary N) is 1. The maximum Gasteiger partial charge on any atom is 0.490 e. The van der Waals surface area contributed by atoms with Gasteiger partial charge in [0.25, 0.3) is 0 Å². The molecule has 2 heterocycles. The summed E-state index contributed by atoms with van der Waals surface area (Å²) in [5.74, 6) is -2.31. The number of anilines is 1. The molecule has 1 aliphatic rings. The molecule has 0 saturated carbocycles. The predicted octanol–water partition coefficient (Wildman–Crippen LogP) is 1.30. The highest BCUT2D eigenvalue weighted by molar-refractivity contribution is 5.91. The van der Waals surface area contributed by atoms with Gasteiger partial charge >= 0.3 is 12.1 Å². The maximum absolute atomic E-state index is 12.1. The van der Waals surface area contributed by atoms with Crippen LogP contribution in [0.2, 0.25) is 0 Å². The summed E-state index contributed by atoms with van der Waals surface area (Å²) in [6.45, 7) is 1.16. The number of halogens is 3. The monoisotopic (exact) mass is 398 g/mol. The average molecular weight is 398 g/mol. The van der Waals surface area contributed by atoms with Gasteiger partial charge in [-0.15, -0.1) is 0 Å². The fraction of sp³-hybridized carbons (Fsp3) is 0.294. The molecule has 0 unspecified atom stereocenters. The van der Waals surface area contributed by atoms with Crippen molar-refractivity contribution in [3.05, 3.63) is 36.0 Å². The predicted molar refractivity (Wildman–Crippen MR) is 92.9 cm³/mol. The first-order valence-corrected chi connectivity index (χ1v) is 8.05. The highest BCUT2D eigenvalue weighted by atomic mass is 19.4. The van der Waals surface area contributed by atoms with Gasteiger partial charge in [0.15, 0.2) is 0 Å². The van der Waals surface area contributed by atoms with E-state index in [9.17, 15) is 22.8 Å². The SMILES string of the molecule is Nc1nccc2ccc(CN3CC[C@@H](NC=O)C3=O)cc12.O=C(O)C(F)(F)F. The van der Waals surface area contributed by atoms with Gasteiger partial charge in [-0.25, -0.2) is 9.78 Å². The van der Waals surface area contributed by atoms with E-state index in [-0.39, 0.29) is 5.91 Å². The molecular formula is C17H17F3N4O4. The molecule has 150 valence electrons. The van der Waals surface area contributed by atoms with Crippen LogP contribution in [0.1, 0.15) is 12.0 Å². The maximum atomic E-state index is 12.1. The number of aromatic nitrogens is 1. The average Bonchev–Trinajstić information content (AvgIpc) is 2.96. The number of nitrogens with two attached hydrogens (primary N) is 1. The standard InChI is InChI=1S/C15H16N4O2.C2HF3O2/c16-14-12-7-10(1-2-11(12)3-5-17-14)8-19-6-4-13(15(19)21)18-9-20;3-2(4,5)1(6)7/h1-3,5,7,9,13H,4,6,8H2,(H2,16,17)(H,18,20);(H,6,7)/t13-;/m1./s1. The third-order valence-electron chi connectivity index (χ3n) is 4.04. The third kappa shape index (κ3) is 5.09. The summed E-state index contributed by atoms with van der Waals surface area (Å²) >= 11 is 0. The number of carbonyl (C=O) groups excluding carboxylic acids is 2. The first kappa shape index (κ1) is 20.9. The number of amides is 2. The van der Waals surface area contributed by atoms with Gasteiger partial charge in [-0.05, 0) is 29.5 Å². The summed E-state index contributed by atoms with van der Waals surface area (Å²) < 4.78 is 31.7. The van der Waals surface area contributed by atoms with Gasteiger partial charge in [0.1, 0.15) is 11.9 Å². The lowest BCUT2D eigenvalue weighted by molar-refractivity contribution is -0.192. The highest BCUT2D eigenvalue weighted by Crippen LogP contribution is 2.22. The van der Waals surface area contributed by atoms with Gasteiger partial charge in [0.2, 0.25) is 12.3 Å². The van der Waals surface area contributed by atoms with Crippen LogP contribution in [0.4, 0.5) is 19.0 Å². The van der Waals surface area contributed by atoms with E-state index in [0.717, 1.165) is 16.3 Å². The molecule has 2 amide bonds. The number of hydrogen-bond acceptors (Lipinski definition) is 5. The summed E-state index contributed by atoms with van der Waals surface area (Å²) in [6, 6.07) is 7.43. The zero-order valence-corrected chi connectivity index (χ0v) is 14.4. The molecule has 0 aliphatic carbocycles. The Morgan fingerprint density at radius 3 is 2.68 bits per heavy atom. The van der Waals surface area contributed by atoms with E-state index in [1.807, 2.05) is 24.3 Å². The van der Waals surface area contributed by atoms with E-state index in [1.165, 1.54) is 0 Å². The zero-order valence-electron chi connectivity index (χ0n) is 14.4. The fourth-order valence-corrected chi connectivity index (χ4v) is 2.69. The number of nitrogens with zero attached hydrogens (tertiary/aromatic N) is 2. The van der Waals surface area contributed by atoms with E-state index in [0.29, 0.717) is 31.7 Å². The molecule has 1 aromatic heterocycles. The van der Waals surface area contributed by atoms with Crippen LogP contribution in [0.3, 0.4) is 0 Å². The molecule has 8 nitrogen and oxygen atoms in total. The molecule has 28 heavy (non-hydrogen) atoms. The van der Waals surface area contributed by atoms with E-state index in [4.69, 9.17) is 15.6 Å². The molecule has 4 N–H and O–H groups in total. The molecule has 1 aromatic carbocycles. The number of hydrogen-bond donors (Lipinski definition) is 3. The quantitative estimate of drug-likeness (QED) is 0.667. The smallest absolute Gasteiger partial charge is 0.475 e. The van der Waals surface area contributed by atoms with E-state index >= 15 is 0 Å². The van der Waals surface area contributed by atoms with Crippen LogP contribution in [0.5, 0.6) is 0 Å². The number of rotatable bonds is 4. The van der Waals surface area contributed by atoms with Crippen molar-refractivity contribution in [2.75, 3.05) is 12.3 Å². The second kappa shape index (κ2) is 8.55. The van der Waals surface area contributed by atoms with Gasteiger partial charge in [0.05, 0.1) is 0 Å². The molecule has 3 rings (SSSR count). The van der Waals surface area contributed by atoms with Gasteiger partial charge in [-0.1, -0.05) is 12.1 Å². The molecule has 1 atom stereocenters. The van der Waals surface area contributed by atoms with Crippen LogP contribution in [-0.4, -0.2) is 52.0 Å². The van der Waals surface area contributed by atoms with Crippen LogP contribution >= 0.6 is 0 Å². The van der Waals surface area contributed by atoms with Gasteiger partial charge in [0, 0.05) is 24.7 Å². The molecule has 1 saturated heterocycles. The number of alkyl halides is 3. The number of carboxylic acids is 1. The number of likely N-dealkylation sites (tertiary alicyclic amines) is 1. The van der Waals surface area contributed by atoms with Crippen LogP contribution in [0, 0.1) is 0 Å². The summed E-state index contributed by atoms with van der Waals surface area (Å²) in [4.78, 5) is 37.3. The lowest BCUT2D eigenvalue weighted by Gasteiger charge is -2.17. The highest BCUT2D eigenvalue weighted by Gasteiger charge is 2.38. The Morgan fingerprint density at radius 1 is 1.39 bits per heavy atom. The van der Waals surface area contributed by atoms with Crippen molar-refractivity contribution < 1.29 is 32.7 Å². The second-order valence-electron chi connectivity index (χ2n) is 5.94. The summed E-state index contributed by atoms with van der Waals surface area (Å²) in [6.07, 6.45) is -2.18.